The molecule has 2 aliphatic heterocycles. The van der Waals surface area contributed by atoms with Crippen molar-refractivity contribution < 1.29 is 28.7 Å². The molecule has 3 N–H and O–H groups in total. The molecule has 0 spiro atoms. The zero-order chi connectivity index (χ0) is 25.9. The van der Waals surface area contributed by atoms with Crippen LogP contribution in [0, 0.1) is 0 Å². The Morgan fingerprint density at radius 3 is 2.11 bits per heavy atom. The van der Waals surface area contributed by atoms with Gasteiger partial charge in [0, 0.05) is 6.42 Å². The second kappa shape index (κ2) is 10.1. The number of β-lactam (4-membered cyclic amide) rings is 1. The number of Topliss-reactive ketones (excluding diaryl/α,β-unsaturated/α-hetero) is 1. The first-order valence-corrected chi connectivity index (χ1v) is 11.9. The van der Waals surface area contributed by atoms with Crippen LogP contribution in [0.1, 0.15) is 31.4 Å². The summed E-state index contributed by atoms with van der Waals surface area (Å²) in [5.74, 6) is -0.728. The second-order valence-corrected chi connectivity index (χ2v) is 9.77. The number of rotatable bonds is 11. The molecule has 9 heteroatoms. The first-order chi connectivity index (χ1) is 17.1. The van der Waals surface area contributed by atoms with Crippen molar-refractivity contribution in [1.29, 1.82) is 0 Å². The summed E-state index contributed by atoms with van der Waals surface area (Å²) in [7, 11) is 1.56. The lowest BCUT2D eigenvalue weighted by Crippen LogP contribution is -2.68. The Morgan fingerprint density at radius 1 is 0.972 bits per heavy atom. The highest BCUT2D eigenvalue weighted by Gasteiger charge is 2.50. The molecule has 36 heavy (non-hydrogen) atoms. The zero-order valence-corrected chi connectivity index (χ0v) is 20.6. The fourth-order valence-corrected chi connectivity index (χ4v) is 4.22. The van der Waals surface area contributed by atoms with Crippen LogP contribution < -0.4 is 20.7 Å². The Bertz CT molecular complexity index is 1140. The van der Waals surface area contributed by atoms with Gasteiger partial charge >= 0.3 is 0 Å². The van der Waals surface area contributed by atoms with Crippen molar-refractivity contribution in [1.82, 2.24) is 16.0 Å². The van der Waals surface area contributed by atoms with E-state index in [-0.39, 0.29) is 24.5 Å². The maximum atomic E-state index is 13.5. The summed E-state index contributed by atoms with van der Waals surface area (Å²) < 4.78 is 10.6. The van der Waals surface area contributed by atoms with Crippen LogP contribution in [0.3, 0.4) is 0 Å². The van der Waals surface area contributed by atoms with Gasteiger partial charge < -0.3 is 25.4 Å². The fourth-order valence-electron chi connectivity index (χ4n) is 4.22. The summed E-state index contributed by atoms with van der Waals surface area (Å²) in [5, 5.41) is 8.23. The summed E-state index contributed by atoms with van der Waals surface area (Å²) in [6, 6.07) is 14.7. The summed E-state index contributed by atoms with van der Waals surface area (Å²) in [6.45, 7) is 3.62. The summed E-state index contributed by atoms with van der Waals surface area (Å²) in [6.07, 6.45) is 0.521. The molecule has 2 saturated heterocycles. The van der Waals surface area contributed by atoms with Gasteiger partial charge in [-0.15, -0.1) is 0 Å². The number of epoxide rings is 1. The van der Waals surface area contributed by atoms with Crippen LogP contribution in [0.5, 0.6) is 5.75 Å². The number of carbonyl (C=O) groups is 4. The Morgan fingerprint density at radius 2 is 1.56 bits per heavy atom. The first kappa shape index (κ1) is 25.4. The van der Waals surface area contributed by atoms with E-state index >= 15 is 0 Å². The molecule has 3 amide bonds. The number of hydrogen-bond donors (Lipinski definition) is 3. The van der Waals surface area contributed by atoms with Gasteiger partial charge in [-0.2, -0.15) is 0 Å². The number of amides is 3. The van der Waals surface area contributed by atoms with Crippen molar-refractivity contribution in [2.45, 2.75) is 56.3 Å². The molecule has 0 bridgehead atoms. The van der Waals surface area contributed by atoms with Gasteiger partial charge in [-0.3, -0.25) is 19.2 Å². The first-order valence-electron chi connectivity index (χ1n) is 11.9. The molecular weight excluding hydrogens is 462 g/mol. The predicted octanol–water partition coefficient (Wildman–Crippen LogP) is 1.09. The molecule has 0 saturated carbocycles. The minimum absolute atomic E-state index is 0.0422. The molecule has 0 aromatic heterocycles. The zero-order valence-electron chi connectivity index (χ0n) is 20.6. The maximum Gasteiger partial charge on any atom is 0.246 e. The number of methoxy groups -OCH3 is 1. The van der Waals surface area contributed by atoms with Crippen molar-refractivity contribution >= 4 is 23.5 Å². The normalized spacial score (nSPS) is 23.9. The Hall–Kier alpha value is -3.72. The highest BCUT2D eigenvalue weighted by molar-refractivity contribution is 6.03. The number of hydrogen-bond acceptors (Lipinski definition) is 6. The van der Waals surface area contributed by atoms with E-state index < -0.39 is 35.0 Å². The van der Waals surface area contributed by atoms with Gasteiger partial charge in [0.05, 0.1) is 26.2 Å². The number of ketones is 1. The second-order valence-electron chi connectivity index (χ2n) is 9.77. The molecule has 0 radical (unpaired) electrons. The van der Waals surface area contributed by atoms with E-state index in [1.165, 1.54) is 0 Å². The van der Waals surface area contributed by atoms with Crippen molar-refractivity contribution in [2.24, 2.45) is 0 Å². The van der Waals surface area contributed by atoms with Crippen molar-refractivity contribution in [3.8, 4) is 5.75 Å². The van der Waals surface area contributed by atoms with Gasteiger partial charge in [0.25, 0.3) is 0 Å². The van der Waals surface area contributed by atoms with Gasteiger partial charge in [0.2, 0.25) is 17.7 Å². The average Bonchev–Trinajstić information content (AvgIpc) is 3.61. The smallest absolute Gasteiger partial charge is 0.246 e. The third-order valence-electron chi connectivity index (χ3n) is 6.67. The highest BCUT2D eigenvalue weighted by Crippen LogP contribution is 2.29. The molecule has 2 heterocycles. The Kier molecular flexibility index (Phi) is 7.12. The van der Waals surface area contributed by atoms with E-state index in [9.17, 15) is 19.2 Å². The van der Waals surface area contributed by atoms with Crippen molar-refractivity contribution in [3.05, 3.63) is 65.7 Å². The molecule has 4 atom stereocenters. The fraction of sp³-hybridized carbons (Fsp3) is 0.407. The molecule has 4 unspecified atom stereocenters. The molecule has 4 rings (SSSR count). The minimum atomic E-state index is -1.08. The Balaban J connectivity index is 1.54. The van der Waals surface area contributed by atoms with Gasteiger partial charge in [-0.05, 0) is 43.5 Å². The largest absolute Gasteiger partial charge is 0.497 e. The number of carbonyl (C=O) groups excluding carboxylic acids is 4. The monoisotopic (exact) mass is 493 g/mol. The van der Waals surface area contributed by atoms with Crippen LogP contribution in [0.15, 0.2) is 54.6 Å². The van der Waals surface area contributed by atoms with E-state index in [2.05, 4.69) is 16.0 Å². The topological polar surface area (TPSA) is 126 Å². The van der Waals surface area contributed by atoms with Gasteiger partial charge in [-0.25, -0.2) is 0 Å². The number of ether oxygens (including phenoxy) is 2. The highest BCUT2D eigenvalue weighted by atomic mass is 16.6. The van der Waals surface area contributed by atoms with E-state index in [0.29, 0.717) is 18.8 Å². The van der Waals surface area contributed by atoms with Crippen LogP contribution >= 0.6 is 0 Å². The Labute approximate surface area is 209 Å². The summed E-state index contributed by atoms with van der Waals surface area (Å²) in [5.41, 5.74) is -0.321. The summed E-state index contributed by atoms with van der Waals surface area (Å²) in [4.78, 5) is 51.1. The van der Waals surface area contributed by atoms with Gasteiger partial charge in [-0.1, -0.05) is 42.5 Å². The molecule has 2 aromatic carbocycles. The van der Waals surface area contributed by atoms with Crippen LogP contribution in [0.4, 0.5) is 0 Å². The minimum Gasteiger partial charge on any atom is -0.497 e. The molecule has 0 aliphatic carbocycles. The molecule has 190 valence electrons. The predicted molar refractivity (Wildman–Crippen MR) is 131 cm³/mol. The SMILES string of the molecule is COc1ccc(CC(NC(=O)C2(C)CC(=O)N2)C(=O)NC(Cc2ccccc2)C(=O)C2(C)CO2)cc1. The standard InChI is InChI=1S/C27H31N3O6/c1-26(15-22(31)30-26)25(34)29-21(14-18-9-11-19(35-3)12-10-18)24(33)28-20(23(32)27(2)16-36-27)13-17-7-5-4-6-8-17/h4-12,20-21H,13-16H2,1-3H3,(H,28,33)(H,29,34)(H,30,31). The van der Waals surface area contributed by atoms with E-state index in [1.807, 2.05) is 42.5 Å². The third-order valence-corrected chi connectivity index (χ3v) is 6.67. The molecule has 2 aromatic rings. The third kappa shape index (κ3) is 5.73. The lowest BCUT2D eigenvalue weighted by molar-refractivity contribution is -0.144. The lowest BCUT2D eigenvalue weighted by atomic mass is 9.88. The van der Waals surface area contributed by atoms with Crippen LogP contribution in [0.25, 0.3) is 0 Å². The van der Waals surface area contributed by atoms with Gasteiger partial charge in [0.1, 0.15) is 22.9 Å². The maximum absolute atomic E-state index is 13.5. The molecule has 2 aliphatic rings. The molecule has 9 nitrogen and oxygen atoms in total. The molecule has 2 fully saturated rings. The van der Waals surface area contributed by atoms with Gasteiger partial charge in [0.15, 0.2) is 5.78 Å². The number of benzene rings is 2. The van der Waals surface area contributed by atoms with Crippen LogP contribution in [-0.2, 0) is 36.8 Å². The van der Waals surface area contributed by atoms with Crippen molar-refractivity contribution in [2.75, 3.05) is 13.7 Å². The lowest BCUT2D eigenvalue weighted by Gasteiger charge is -2.38. The van der Waals surface area contributed by atoms with Crippen molar-refractivity contribution in [3.63, 3.8) is 0 Å². The summed E-state index contributed by atoms with van der Waals surface area (Å²) >= 11 is 0. The van der Waals surface area contributed by atoms with E-state index in [1.54, 1.807) is 33.1 Å². The van der Waals surface area contributed by atoms with E-state index in [0.717, 1.165) is 11.1 Å². The van der Waals surface area contributed by atoms with E-state index in [4.69, 9.17) is 9.47 Å². The van der Waals surface area contributed by atoms with Crippen LogP contribution in [0.2, 0.25) is 0 Å². The van der Waals surface area contributed by atoms with Crippen LogP contribution in [-0.4, -0.2) is 60.4 Å². The quantitative estimate of drug-likeness (QED) is 0.318. The molecular formula is C27H31N3O6. The number of nitrogens with one attached hydrogen (secondary N) is 3. The average molecular weight is 494 g/mol.